The molecule has 3 saturated carbocycles. The van der Waals surface area contributed by atoms with Crippen LogP contribution in [0.15, 0.2) is 47.6 Å². The number of ether oxygens (including phenoxy) is 2. The van der Waals surface area contributed by atoms with Gasteiger partial charge in [-0.25, -0.2) is 4.79 Å². The minimum atomic E-state index is -1.17. The topological polar surface area (TPSA) is 96.2 Å². The van der Waals surface area contributed by atoms with Gasteiger partial charge in [0.15, 0.2) is 0 Å². The Morgan fingerprint density at radius 3 is 2.67 bits per heavy atom. The molecule has 0 radical (unpaired) electrons. The van der Waals surface area contributed by atoms with Crippen LogP contribution < -0.4 is 0 Å². The Morgan fingerprint density at radius 1 is 1.25 bits per heavy atom. The maximum atomic E-state index is 11.7. The van der Waals surface area contributed by atoms with Gasteiger partial charge in [-0.3, -0.25) is 0 Å². The molecule has 0 aromatic rings. The molecule has 6 heteroatoms. The molecular formula is C30H44O6. The lowest BCUT2D eigenvalue weighted by Crippen LogP contribution is -2.46. The predicted molar refractivity (Wildman–Crippen MR) is 139 cm³/mol. The normalized spacial score (nSPS) is 42.6. The van der Waals surface area contributed by atoms with Gasteiger partial charge in [0.05, 0.1) is 19.3 Å². The summed E-state index contributed by atoms with van der Waals surface area (Å²) >= 11 is 0. The largest absolute Gasteiger partial charge is 0.508 e. The fourth-order valence-corrected chi connectivity index (χ4v) is 7.81. The summed E-state index contributed by atoms with van der Waals surface area (Å²) in [6.45, 7) is 12.1. The van der Waals surface area contributed by atoms with Crippen molar-refractivity contribution >= 4 is 6.16 Å². The number of hydrogen-bond acceptors (Lipinski definition) is 6. The Bertz CT molecular complexity index is 976. The zero-order chi connectivity index (χ0) is 26.5. The smallest absolute Gasteiger partial charge is 0.438 e. The Kier molecular flexibility index (Phi) is 7.37. The highest BCUT2D eigenvalue weighted by molar-refractivity contribution is 5.60. The van der Waals surface area contributed by atoms with Crippen LogP contribution in [-0.4, -0.2) is 52.5 Å². The van der Waals surface area contributed by atoms with Crippen LogP contribution >= 0.6 is 0 Å². The van der Waals surface area contributed by atoms with Crippen LogP contribution in [0.2, 0.25) is 0 Å². The van der Waals surface area contributed by atoms with Crippen molar-refractivity contribution in [1.29, 1.82) is 0 Å². The highest BCUT2D eigenvalue weighted by atomic mass is 16.7. The molecule has 2 unspecified atom stereocenters. The maximum absolute atomic E-state index is 11.7. The van der Waals surface area contributed by atoms with Gasteiger partial charge in [-0.1, -0.05) is 50.3 Å². The lowest BCUT2D eigenvalue weighted by molar-refractivity contribution is -0.0625. The Hall–Kier alpha value is -1.89. The van der Waals surface area contributed by atoms with E-state index in [1.165, 1.54) is 12.7 Å². The summed E-state index contributed by atoms with van der Waals surface area (Å²) < 4.78 is 9.93. The molecule has 0 saturated heterocycles. The molecular weight excluding hydrogens is 456 g/mol. The van der Waals surface area contributed by atoms with Crippen molar-refractivity contribution < 1.29 is 29.6 Å². The van der Waals surface area contributed by atoms with Gasteiger partial charge in [-0.15, -0.1) is 0 Å². The van der Waals surface area contributed by atoms with E-state index in [1.807, 2.05) is 0 Å². The summed E-state index contributed by atoms with van der Waals surface area (Å²) in [6, 6.07) is 0. The second kappa shape index (κ2) is 9.77. The van der Waals surface area contributed by atoms with Crippen molar-refractivity contribution in [2.45, 2.75) is 96.6 Å². The van der Waals surface area contributed by atoms with E-state index >= 15 is 0 Å². The number of hydrogen-bond donors (Lipinski definition) is 3. The molecule has 6 bridgehead atoms. The van der Waals surface area contributed by atoms with E-state index in [-0.39, 0.29) is 11.3 Å². The van der Waals surface area contributed by atoms with Gasteiger partial charge < -0.3 is 24.8 Å². The predicted octanol–water partition coefficient (Wildman–Crippen LogP) is 5.24. The molecule has 6 nitrogen and oxygen atoms in total. The first-order chi connectivity index (χ1) is 16.8. The molecule has 3 fully saturated rings. The molecule has 0 amide bonds. The van der Waals surface area contributed by atoms with Gasteiger partial charge >= 0.3 is 6.16 Å². The van der Waals surface area contributed by atoms with Crippen molar-refractivity contribution in [3.8, 4) is 0 Å². The van der Waals surface area contributed by atoms with Gasteiger partial charge in [0, 0.05) is 5.92 Å². The number of aliphatic hydroxyl groups is 3. The van der Waals surface area contributed by atoms with Crippen molar-refractivity contribution in [1.82, 2.24) is 0 Å². The van der Waals surface area contributed by atoms with Crippen LogP contribution in [0.3, 0.4) is 0 Å². The number of carbonyl (C=O) groups is 1. The highest BCUT2D eigenvalue weighted by Crippen LogP contribution is 2.64. The average molecular weight is 501 g/mol. The lowest BCUT2D eigenvalue weighted by atomic mass is 9.54. The summed E-state index contributed by atoms with van der Waals surface area (Å²) in [5, 5.41) is 33.4. The first-order valence-electron chi connectivity index (χ1n) is 13.4. The summed E-state index contributed by atoms with van der Waals surface area (Å²) in [7, 11) is 1.24. The molecule has 0 aromatic carbocycles. The van der Waals surface area contributed by atoms with E-state index < -0.39 is 35.5 Å². The molecule has 0 spiro atoms. The average Bonchev–Trinajstić information content (AvgIpc) is 3.19. The van der Waals surface area contributed by atoms with E-state index in [4.69, 9.17) is 4.74 Å². The first-order valence-corrected chi connectivity index (χ1v) is 13.4. The van der Waals surface area contributed by atoms with Crippen molar-refractivity contribution in [2.24, 2.45) is 28.6 Å². The van der Waals surface area contributed by atoms with Crippen LogP contribution in [0.4, 0.5) is 4.79 Å². The third-order valence-electron chi connectivity index (χ3n) is 9.92. The van der Waals surface area contributed by atoms with E-state index in [1.54, 1.807) is 19.9 Å². The molecule has 0 aliphatic heterocycles. The van der Waals surface area contributed by atoms with Gasteiger partial charge in [0.1, 0.15) is 11.7 Å². The summed E-state index contributed by atoms with van der Waals surface area (Å²) in [6.07, 6.45) is 11.4. The van der Waals surface area contributed by atoms with Crippen LogP contribution in [0.5, 0.6) is 0 Å². The van der Waals surface area contributed by atoms with E-state index in [9.17, 15) is 20.1 Å². The second-order valence-electron chi connectivity index (χ2n) is 12.6. The van der Waals surface area contributed by atoms with Crippen LogP contribution in [0.1, 0.15) is 72.6 Å². The SMILES string of the molecule is C=C1/C2=C/C=C3/CCC[C@@]4(C)C3CC[C@@H]4[C@](C)(/C=C/[C@@H](O)C(C)(C)OC(=O)OC)CC([C@H](O)C2)[C@@H]1O. The zero-order valence-electron chi connectivity index (χ0n) is 22.5. The summed E-state index contributed by atoms with van der Waals surface area (Å²) in [4.78, 5) is 11.7. The van der Waals surface area contributed by atoms with Crippen molar-refractivity contribution in [2.75, 3.05) is 7.11 Å². The fraction of sp³-hybridized carbons (Fsp3) is 0.700. The summed E-state index contributed by atoms with van der Waals surface area (Å²) in [5.74, 6) is 0.463. The Labute approximate surface area is 215 Å². The zero-order valence-corrected chi connectivity index (χ0v) is 22.5. The van der Waals surface area contributed by atoms with Crippen LogP contribution in [0.25, 0.3) is 0 Å². The third-order valence-corrected chi connectivity index (χ3v) is 9.92. The highest BCUT2D eigenvalue weighted by Gasteiger charge is 2.56. The first kappa shape index (κ1) is 27.2. The van der Waals surface area contributed by atoms with Gasteiger partial charge in [-0.05, 0) is 92.6 Å². The quantitative estimate of drug-likeness (QED) is 0.361. The summed E-state index contributed by atoms with van der Waals surface area (Å²) in [5.41, 5.74) is 1.63. The maximum Gasteiger partial charge on any atom is 0.508 e. The second-order valence-corrected chi connectivity index (χ2v) is 12.6. The molecule has 0 aromatic heterocycles. The molecule has 0 heterocycles. The van der Waals surface area contributed by atoms with E-state index in [0.29, 0.717) is 30.3 Å². The molecule has 8 atom stereocenters. The third kappa shape index (κ3) is 4.72. The Morgan fingerprint density at radius 2 is 1.97 bits per heavy atom. The minimum Gasteiger partial charge on any atom is -0.438 e. The van der Waals surface area contributed by atoms with Crippen molar-refractivity contribution in [3.05, 3.63) is 47.6 Å². The van der Waals surface area contributed by atoms with Crippen molar-refractivity contribution in [3.63, 3.8) is 0 Å². The Balaban J connectivity index is 1.77. The number of carbonyl (C=O) groups excluding carboxylic acids is 1. The van der Waals surface area contributed by atoms with Gasteiger partial charge in [-0.2, -0.15) is 0 Å². The molecule has 200 valence electrons. The number of allylic oxidation sites excluding steroid dienone is 4. The fourth-order valence-electron chi connectivity index (χ4n) is 7.81. The molecule has 5 aliphatic carbocycles. The number of rotatable bonds is 4. The molecule has 3 N–H and O–H groups in total. The molecule has 5 rings (SSSR count). The lowest BCUT2D eigenvalue weighted by Gasteiger charge is -2.51. The monoisotopic (exact) mass is 500 g/mol. The molecule has 5 aliphatic rings. The van der Waals surface area contributed by atoms with Crippen LogP contribution in [0, 0.1) is 28.6 Å². The van der Waals surface area contributed by atoms with E-state index in [0.717, 1.165) is 37.7 Å². The van der Waals surface area contributed by atoms with Crippen LogP contribution in [-0.2, 0) is 9.47 Å². The van der Waals surface area contributed by atoms with Gasteiger partial charge in [0.25, 0.3) is 0 Å². The number of fused-ring (bicyclic) bond motifs is 4. The number of aliphatic hydroxyl groups excluding tert-OH is 3. The van der Waals surface area contributed by atoms with Gasteiger partial charge in [0.2, 0.25) is 0 Å². The standard InChI is InChI=1S/C30H44O6/c1-18-20-10-9-19-8-7-14-30(5)22(19)11-12-24(30)29(4,17-21(26(18)33)23(31)16-20)15-13-25(32)28(2,3)36-27(34)35-6/h9-10,13,15,21-26,31-33H,1,7-8,11-12,14,16-17H2,2-6H3/b15-13+,19-9-,20-10+/t21?,22?,23-,24-,25-,26-,29-,30+/m1/s1. The number of methoxy groups -OCH3 is 1. The molecule has 36 heavy (non-hydrogen) atoms. The minimum absolute atomic E-state index is 0.0933. The van der Waals surface area contributed by atoms with E-state index in [2.05, 4.69) is 43.4 Å².